The van der Waals surface area contributed by atoms with E-state index in [9.17, 15) is 9.59 Å². The first-order valence-corrected chi connectivity index (χ1v) is 10.1. The summed E-state index contributed by atoms with van der Waals surface area (Å²) in [6, 6.07) is 14.9. The number of ether oxygens (including phenoxy) is 4. The summed E-state index contributed by atoms with van der Waals surface area (Å²) in [5, 5.41) is 0.603. The molecular formula is C25H19ClO6. The van der Waals surface area contributed by atoms with Crippen LogP contribution in [0.15, 0.2) is 60.4 Å². The van der Waals surface area contributed by atoms with E-state index in [-0.39, 0.29) is 17.3 Å². The van der Waals surface area contributed by atoms with Gasteiger partial charge in [-0.1, -0.05) is 23.7 Å². The third kappa shape index (κ3) is 4.18. The van der Waals surface area contributed by atoms with Crippen molar-refractivity contribution >= 4 is 29.4 Å². The van der Waals surface area contributed by atoms with E-state index >= 15 is 0 Å². The highest BCUT2D eigenvalue weighted by Crippen LogP contribution is 2.38. The van der Waals surface area contributed by atoms with E-state index in [0.29, 0.717) is 39.0 Å². The minimum atomic E-state index is -0.577. The molecule has 1 aliphatic heterocycles. The molecule has 32 heavy (non-hydrogen) atoms. The Morgan fingerprint density at radius 2 is 1.69 bits per heavy atom. The van der Waals surface area contributed by atoms with Gasteiger partial charge in [0.1, 0.15) is 11.5 Å². The molecule has 0 saturated heterocycles. The molecule has 1 heterocycles. The van der Waals surface area contributed by atoms with Crippen molar-refractivity contribution in [3.8, 4) is 23.0 Å². The number of ketones is 1. The Kier molecular flexibility index (Phi) is 5.88. The van der Waals surface area contributed by atoms with Crippen LogP contribution in [0, 0.1) is 6.92 Å². The molecule has 3 aromatic rings. The SMILES string of the molecule is COc1ccc(C(=O)Oc2cc(C)c3c(c2)O/C(=C\c2ccc(Cl)cc2)C3=O)cc1OC. The van der Waals surface area contributed by atoms with E-state index in [4.69, 9.17) is 30.5 Å². The number of benzene rings is 3. The molecule has 0 amide bonds. The second kappa shape index (κ2) is 8.77. The highest BCUT2D eigenvalue weighted by Gasteiger charge is 2.30. The molecule has 0 atom stereocenters. The molecule has 1 aliphatic rings. The summed E-state index contributed by atoms with van der Waals surface area (Å²) in [6.07, 6.45) is 1.65. The standard InChI is InChI=1S/C25H19ClO6/c1-14-10-18(31-25(28)16-6-9-19(29-2)20(12-16)30-3)13-21-23(14)24(27)22(32-21)11-15-4-7-17(26)8-5-15/h4-13H,1-3H3/b22-11-. The third-order valence-corrected chi connectivity index (χ3v) is 5.19. The van der Waals surface area contributed by atoms with Crippen LogP contribution in [0.3, 0.4) is 0 Å². The number of Topliss-reactive ketones (excluding diaryl/α,β-unsaturated/α-hetero) is 1. The molecule has 0 aliphatic carbocycles. The third-order valence-electron chi connectivity index (χ3n) is 4.94. The van der Waals surface area contributed by atoms with Gasteiger partial charge in [-0.25, -0.2) is 4.79 Å². The van der Waals surface area contributed by atoms with Gasteiger partial charge in [-0.05, 0) is 60.5 Å². The quantitative estimate of drug-likeness (QED) is 0.290. The van der Waals surface area contributed by atoms with E-state index in [1.165, 1.54) is 26.4 Å². The number of hydrogen-bond donors (Lipinski definition) is 0. The zero-order valence-electron chi connectivity index (χ0n) is 17.6. The van der Waals surface area contributed by atoms with Crippen molar-refractivity contribution in [2.45, 2.75) is 6.92 Å². The van der Waals surface area contributed by atoms with Crippen molar-refractivity contribution in [1.29, 1.82) is 0 Å². The van der Waals surface area contributed by atoms with Crippen molar-refractivity contribution in [2.24, 2.45) is 0 Å². The van der Waals surface area contributed by atoms with Gasteiger partial charge in [0, 0.05) is 11.1 Å². The fraction of sp³-hybridized carbons (Fsp3) is 0.120. The first kappa shape index (κ1) is 21.5. The summed E-state index contributed by atoms with van der Waals surface area (Å²) >= 11 is 5.91. The first-order valence-electron chi connectivity index (χ1n) is 9.68. The van der Waals surface area contributed by atoms with Gasteiger partial charge in [0.2, 0.25) is 5.78 Å². The lowest BCUT2D eigenvalue weighted by Crippen LogP contribution is -2.09. The smallest absolute Gasteiger partial charge is 0.343 e. The van der Waals surface area contributed by atoms with Crippen LogP contribution in [-0.2, 0) is 0 Å². The molecule has 4 rings (SSSR count). The molecule has 0 spiro atoms. The fourth-order valence-electron chi connectivity index (χ4n) is 3.38. The summed E-state index contributed by atoms with van der Waals surface area (Å²) in [5.41, 5.74) is 2.16. The average molecular weight is 451 g/mol. The van der Waals surface area contributed by atoms with Crippen molar-refractivity contribution in [3.63, 3.8) is 0 Å². The lowest BCUT2D eigenvalue weighted by atomic mass is 10.0. The number of aryl methyl sites for hydroxylation is 1. The first-order chi connectivity index (χ1) is 15.4. The molecule has 0 bridgehead atoms. The minimum Gasteiger partial charge on any atom is -0.493 e. The van der Waals surface area contributed by atoms with Crippen LogP contribution in [0.4, 0.5) is 0 Å². The van der Waals surface area contributed by atoms with Crippen LogP contribution in [0.5, 0.6) is 23.0 Å². The van der Waals surface area contributed by atoms with E-state index in [1.807, 2.05) is 0 Å². The number of hydrogen-bond acceptors (Lipinski definition) is 6. The molecule has 0 N–H and O–H groups in total. The van der Waals surface area contributed by atoms with Crippen molar-refractivity contribution in [3.05, 3.63) is 87.6 Å². The van der Waals surface area contributed by atoms with E-state index in [1.54, 1.807) is 55.5 Å². The summed E-state index contributed by atoms with van der Waals surface area (Å²) in [7, 11) is 3.00. The normalized spacial score (nSPS) is 13.5. The monoisotopic (exact) mass is 450 g/mol. The molecule has 0 radical (unpaired) electrons. The number of methoxy groups -OCH3 is 2. The maximum atomic E-state index is 12.8. The number of halogens is 1. The zero-order chi connectivity index (χ0) is 22.8. The van der Waals surface area contributed by atoms with Crippen LogP contribution in [0.25, 0.3) is 6.08 Å². The van der Waals surface area contributed by atoms with Crippen LogP contribution in [-0.4, -0.2) is 26.0 Å². The number of esters is 1. The van der Waals surface area contributed by atoms with Gasteiger partial charge in [-0.2, -0.15) is 0 Å². The minimum absolute atomic E-state index is 0.189. The predicted octanol–water partition coefficient (Wildman–Crippen LogP) is 5.50. The van der Waals surface area contributed by atoms with Gasteiger partial charge < -0.3 is 18.9 Å². The Bertz CT molecular complexity index is 1240. The summed E-state index contributed by atoms with van der Waals surface area (Å²) in [6.45, 7) is 1.76. The molecule has 3 aromatic carbocycles. The number of fused-ring (bicyclic) bond motifs is 1. The van der Waals surface area contributed by atoms with E-state index in [2.05, 4.69) is 0 Å². The number of rotatable bonds is 5. The molecule has 6 nitrogen and oxygen atoms in total. The highest BCUT2D eigenvalue weighted by atomic mass is 35.5. The molecule has 0 saturated carbocycles. The zero-order valence-corrected chi connectivity index (χ0v) is 18.4. The van der Waals surface area contributed by atoms with E-state index < -0.39 is 5.97 Å². The lowest BCUT2D eigenvalue weighted by molar-refractivity contribution is 0.0734. The van der Waals surface area contributed by atoms with Crippen LogP contribution in [0.2, 0.25) is 5.02 Å². The Balaban J connectivity index is 1.58. The van der Waals surface area contributed by atoms with Gasteiger partial charge in [0.05, 0.1) is 25.3 Å². The predicted molar refractivity (Wildman–Crippen MR) is 120 cm³/mol. The summed E-state index contributed by atoms with van der Waals surface area (Å²) < 4.78 is 21.7. The van der Waals surface area contributed by atoms with Gasteiger partial charge in [-0.15, -0.1) is 0 Å². The Labute approximate surface area is 189 Å². The van der Waals surface area contributed by atoms with Gasteiger partial charge in [-0.3, -0.25) is 4.79 Å². The fourth-order valence-corrected chi connectivity index (χ4v) is 3.50. The Morgan fingerprint density at radius 3 is 2.38 bits per heavy atom. The molecular weight excluding hydrogens is 432 g/mol. The van der Waals surface area contributed by atoms with Gasteiger partial charge >= 0.3 is 5.97 Å². The number of allylic oxidation sites excluding steroid dienone is 1. The van der Waals surface area contributed by atoms with Crippen molar-refractivity contribution in [2.75, 3.05) is 14.2 Å². The van der Waals surface area contributed by atoms with Crippen molar-refractivity contribution < 1.29 is 28.5 Å². The second-order valence-electron chi connectivity index (χ2n) is 7.06. The maximum absolute atomic E-state index is 12.8. The topological polar surface area (TPSA) is 71.1 Å². The lowest BCUT2D eigenvalue weighted by Gasteiger charge is -2.10. The largest absolute Gasteiger partial charge is 0.493 e. The van der Waals surface area contributed by atoms with Crippen LogP contribution < -0.4 is 18.9 Å². The molecule has 162 valence electrons. The average Bonchev–Trinajstić information content (AvgIpc) is 3.10. The van der Waals surface area contributed by atoms with Gasteiger partial charge in [0.15, 0.2) is 17.3 Å². The highest BCUT2D eigenvalue weighted by molar-refractivity contribution is 6.30. The Hall–Kier alpha value is -3.77. The Morgan fingerprint density at radius 1 is 0.969 bits per heavy atom. The van der Waals surface area contributed by atoms with Gasteiger partial charge in [0.25, 0.3) is 0 Å². The van der Waals surface area contributed by atoms with Crippen LogP contribution in [0.1, 0.15) is 31.8 Å². The van der Waals surface area contributed by atoms with Crippen LogP contribution >= 0.6 is 11.6 Å². The summed E-state index contributed by atoms with van der Waals surface area (Å²) in [4.78, 5) is 25.5. The molecule has 0 fully saturated rings. The molecule has 7 heteroatoms. The van der Waals surface area contributed by atoms with E-state index in [0.717, 1.165) is 5.56 Å². The molecule has 0 aromatic heterocycles. The molecule has 0 unspecified atom stereocenters. The number of carbonyl (C=O) groups excluding carboxylic acids is 2. The van der Waals surface area contributed by atoms with Crippen molar-refractivity contribution in [1.82, 2.24) is 0 Å². The maximum Gasteiger partial charge on any atom is 0.343 e. The second-order valence-corrected chi connectivity index (χ2v) is 7.50. The summed E-state index contributed by atoms with van der Waals surface area (Å²) in [5.74, 6) is 0.903. The number of carbonyl (C=O) groups is 2.